The van der Waals surface area contributed by atoms with Crippen molar-refractivity contribution in [2.45, 2.75) is 72.4 Å². The molecule has 5 rings (SSSR count). The third kappa shape index (κ3) is 3.70. The van der Waals surface area contributed by atoms with Crippen LogP contribution in [0.15, 0.2) is 42.5 Å². The molecule has 3 aromatic carbocycles. The lowest BCUT2D eigenvalue weighted by Gasteiger charge is -2.27. The predicted molar refractivity (Wildman–Crippen MR) is 138 cm³/mol. The van der Waals surface area contributed by atoms with Gasteiger partial charge >= 0.3 is 0 Å². The summed E-state index contributed by atoms with van der Waals surface area (Å²) in [5.74, 6) is 3.38. The molecule has 0 aromatic heterocycles. The second-order valence-electron chi connectivity index (χ2n) is 10.5. The number of rotatable bonds is 5. The minimum Gasteiger partial charge on any atom is -0.486 e. The zero-order valence-electron chi connectivity index (χ0n) is 21.3. The van der Waals surface area contributed by atoms with E-state index in [-0.39, 0.29) is 11.5 Å². The van der Waals surface area contributed by atoms with Crippen molar-refractivity contribution in [3.8, 4) is 17.2 Å². The Bertz CT molecular complexity index is 1240. The molecular formula is C30H35NO3. The number of hydrogen-bond donors (Lipinski definition) is 1. The molecule has 0 aliphatic carbocycles. The molecule has 0 fully saturated rings. The first-order valence-corrected chi connectivity index (χ1v) is 12.2. The van der Waals surface area contributed by atoms with Crippen LogP contribution in [0.1, 0.15) is 78.5 Å². The lowest BCUT2D eigenvalue weighted by atomic mass is 9.78. The molecule has 2 heterocycles. The van der Waals surface area contributed by atoms with Gasteiger partial charge in [0.1, 0.15) is 11.4 Å². The van der Waals surface area contributed by atoms with E-state index in [2.05, 4.69) is 90.2 Å². The molecule has 0 bridgehead atoms. The molecule has 2 aliphatic rings. The highest BCUT2D eigenvalue weighted by atomic mass is 16.7. The summed E-state index contributed by atoms with van der Waals surface area (Å²) in [7, 11) is 0. The molecule has 0 saturated heterocycles. The van der Waals surface area contributed by atoms with Crippen molar-refractivity contribution in [1.29, 1.82) is 0 Å². The van der Waals surface area contributed by atoms with Gasteiger partial charge in [-0.2, -0.15) is 0 Å². The Morgan fingerprint density at radius 2 is 1.62 bits per heavy atom. The maximum absolute atomic E-state index is 6.64. The van der Waals surface area contributed by atoms with Crippen LogP contribution in [0.2, 0.25) is 0 Å². The Labute approximate surface area is 203 Å². The fourth-order valence-corrected chi connectivity index (χ4v) is 5.44. The lowest BCUT2D eigenvalue weighted by Crippen LogP contribution is -2.31. The zero-order chi connectivity index (χ0) is 24.2. The van der Waals surface area contributed by atoms with Crippen LogP contribution in [0.25, 0.3) is 0 Å². The van der Waals surface area contributed by atoms with Gasteiger partial charge in [-0.3, -0.25) is 0 Å². The minimum atomic E-state index is -0.320. The van der Waals surface area contributed by atoms with Crippen LogP contribution in [0.3, 0.4) is 0 Å². The summed E-state index contributed by atoms with van der Waals surface area (Å²) in [6, 6.07) is 15.2. The van der Waals surface area contributed by atoms with Crippen LogP contribution >= 0.6 is 0 Å². The van der Waals surface area contributed by atoms with E-state index in [0.29, 0.717) is 19.3 Å². The number of hydrogen-bond acceptors (Lipinski definition) is 4. The van der Waals surface area contributed by atoms with Crippen molar-refractivity contribution < 1.29 is 14.2 Å². The van der Waals surface area contributed by atoms with Crippen molar-refractivity contribution in [2.24, 2.45) is 0 Å². The number of nitrogens with one attached hydrogen (secondary N) is 1. The van der Waals surface area contributed by atoms with Crippen molar-refractivity contribution >= 4 is 5.69 Å². The van der Waals surface area contributed by atoms with E-state index in [4.69, 9.17) is 14.2 Å². The van der Waals surface area contributed by atoms with E-state index < -0.39 is 0 Å². The monoisotopic (exact) mass is 457 g/mol. The molecule has 0 amide bonds. The second kappa shape index (κ2) is 8.26. The summed E-state index contributed by atoms with van der Waals surface area (Å²) in [6.45, 7) is 16.5. The third-order valence-corrected chi connectivity index (χ3v) is 7.49. The number of fused-ring (bicyclic) bond motifs is 2. The molecule has 34 heavy (non-hydrogen) atoms. The van der Waals surface area contributed by atoms with Gasteiger partial charge in [0.05, 0.1) is 5.92 Å². The summed E-state index contributed by atoms with van der Waals surface area (Å²) in [4.78, 5) is 0. The molecule has 1 unspecified atom stereocenters. The molecule has 178 valence electrons. The highest BCUT2D eigenvalue weighted by Crippen LogP contribution is 2.53. The number of anilines is 1. The van der Waals surface area contributed by atoms with Crippen molar-refractivity contribution in [1.82, 2.24) is 0 Å². The summed E-state index contributed by atoms with van der Waals surface area (Å²) in [5.41, 5.74) is 9.73. The average Bonchev–Trinajstić information content (AvgIpc) is 3.38. The van der Waals surface area contributed by atoms with Crippen LogP contribution < -0.4 is 19.5 Å². The van der Waals surface area contributed by atoms with E-state index in [1.165, 1.54) is 44.6 Å². The normalized spacial score (nSPS) is 17.6. The van der Waals surface area contributed by atoms with Crippen LogP contribution in [0, 0.1) is 20.8 Å². The molecule has 2 aliphatic heterocycles. The van der Waals surface area contributed by atoms with E-state index in [1.54, 1.807) is 0 Å². The van der Waals surface area contributed by atoms with E-state index in [1.807, 2.05) is 6.07 Å². The first-order valence-electron chi connectivity index (χ1n) is 12.2. The molecule has 4 nitrogen and oxygen atoms in total. The van der Waals surface area contributed by atoms with Crippen LogP contribution in [-0.2, 0) is 6.54 Å². The Hall–Kier alpha value is -3.14. The zero-order valence-corrected chi connectivity index (χ0v) is 21.3. The van der Waals surface area contributed by atoms with Crippen molar-refractivity contribution in [2.75, 3.05) is 12.1 Å². The van der Waals surface area contributed by atoms with Gasteiger partial charge in [0.25, 0.3) is 0 Å². The predicted octanol–water partition coefficient (Wildman–Crippen LogP) is 7.38. The lowest BCUT2D eigenvalue weighted by molar-refractivity contribution is 0.121. The third-order valence-electron chi connectivity index (χ3n) is 7.49. The van der Waals surface area contributed by atoms with Crippen molar-refractivity contribution in [3.05, 3.63) is 81.4 Å². The molecule has 1 N–H and O–H groups in total. The number of benzene rings is 3. The Morgan fingerprint density at radius 1 is 0.912 bits per heavy atom. The molecule has 0 saturated carbocycles. The maximum atomic E-state index is 6.64. The van der Waals surface area contributed by atoms with E-state index >= 15 is 0 Å². The Balaban J connectivity index is 1.52. The second-order valence-corrected chi connectivity index (χ2v) is 10.5. The van der Waals surface area contributed by atoms with E-state index in [0.717, 1.165) is 17.2 Å². The van der Waals surface area contributed by atoms with Crippen LogP contribution in [0.4, 0.5) is 5.69 Å². The standard InChI is InChI=1S/C30H35NO3/c1-17(2)22-9-11-23(12-10-22)27-26-20(5)28(18(3)19(4)29(26)34-30(27,6)7)31-15-21-8-13-24-25(14-21)33-16-32-24/h8-14,17,27,31H,15-16H2,1-7H3. The quantitative estimate of drug-likeness (QED) is 0.434. The van der Waals surface area contributed by atoms with E-state index in [9.17, 15) is 0 Å². The largest absolute Gasteiger partial charge is 0.486 e. The highest BCUT2D eigenvalue weighted by Gasteiger charge is 2.44. The SMILES string of the molecule is Cc1c(C)c2c(c(C)c1NCc1ccc3c(c1)OCO3)C(c1ccc(C(C)C)cc1)C(C)(C)O2. The van der Waals surface area contributed by atoms with Gasteiger partial charge in [-0.05, 0) is 86.1 Å². The minimum absolute atomic E-state index is 0.175. The molecule has 3 aromatic rings. The molecule has 1 atom stereocenters. The number of ether oxygens (including phenoxy) is 3. The van der Waals surface area contributed by atoms with Gasteiger partial charge in [-0.15, -0.1) is 0 Å². The first-order chi connectivity index (χ1) is 16.2. The first kappa shape index (κ1) is 22.6. The molecule has 4 heteroatoms. The summed E-state index contributed by atoms with van der Waals surface area (Å²) in [5, 5.41) is 3.73. The topological polar surface area (TPSA) is 39.7 Å². The van der Waals surface area contributed by atoms with Crippen LogP contribution in [-0.4, -0.2) is 12.4 Å². The summed E-state index contributed by atoms with van der Waals surface area (Å²) < 4.78 is 17.7. The molecular weight excluding hydrogens is 422 g/mol. The Kier molecular flexibility index (Phi) is 5.50. The maximum Gasteiger partial charge on any atom is 0.231 e. The fraction of sp³-hybridized carbons (Fsp3) is 0.400. The van der Waals surface area contributed by atoms with Gasteiger partial charge in [0.2, 0.25) is 6.79 Å². The Morgan fingerprint density at radius 3 is 2.32 bits per heavy atom. The van der Waals surface area contributed by atoms with Gasteiger partial charge in [-0.1, -0.05) is 44.2 Å². The van der Waals surface area contributed by atoms with Gasteiger partial charge in [0, 0.05) is 17.8 Å². The fourth-order valence-electron chi connectivity index (χ4n) is 5.44. The van der Waals surface area contributed by atoms with Gasteiger partial charge < -0.3 is 19.5 Å². The van der Waals surface area contributed by atoms with Crippen molar-refractivity contribution in [3.63, 3.8) is 0 Å². The summed E-state index contributed by atoms with van der Waals surface area (Å²) >= 11 is 0. The van der Waals surface area contributed by atoms with Gasteiger partial charge in [-0.25, -0.2) is 0 Å². The molecule has 0 spiro atoms. The average molecular weight is 458 g/mol. The van der Waals surface area contributed by atoms with Gasteiger partial charge in [0.15, 0.2) is 11.5 Å². The molecule has 0 radical (unpaired) electrons. The summed E-state index contributed by atoms with van der Waals surface area (Å²) in [6.07, 6.45) is 0. The van der Waals surface area contributed by atoms with Crippen LogP contribution in [0.5, 0.6) is 17.2 Å². The highest BCUT2D eigenvalue weighted by molar-refractivity contribution is 5.71. The smallest absolute Gasteiger partial charge is 0.231 e.